The number of aliphatic hydroxyl groups excluding tert-OH is 6. The number of aromatic nitrogens is 4. The Bertz CT molecular complexity index is 1330. The first-order chi connectivity index (χ1) is 17.0. The van der Waals surface area contributed by atoms with Crippen LogP contribution in [0.25, 0.3) is 22.6 Å². The van der Waals surface area contributed by atoms with Gasteiger partial charge < -0.3 is 44.7 Å². The smallest absolute Gasteiger partial charge is 0.349 e. The van der Waals surface area contributed by atoms with Gasteiger partial charge in [-0.15, -0.1) is 0 Å². The Balaban J connectivity index is 1.58. The van der Waals surface area contributed by atoms with Crippen molar-refractivity contribution in [2.45, 2.75) is 63.3 Å². The minimum Gasteiger partial charge on any atom is -0.394 e. The molecule has 3 aliphatic rings. The van der Waals surface area contributed by atoms with Crippen molar-refractivity contribution >= 4 is 11.0 Å². The van der Waals surface area contributed by atoms with Gasteiger partial charge in [0.1, 0.15) is 36.6 Å². The molecule has 196 valence electrons. The lowest BCUT2D eigenvalue weighted by molar-refractivity contribution is -0.193. The number of nitrogens with one attached hydrogen (secondary N) is 1. The van der Waals surface area contributed by atoms with E-state index in [-0.39, 0.29) is 18.1 Å². The summed E-state index contributed by atoms with van der Waals surface area (Å²) in [6.45, 7) is 2.18. The average Bonchev–Trinajstić information content (AvgIpc) is 3.11. The molecule has 4 rings (SSSR count). The Morgan fingerprint density at radius 1 is 1.08 bits per heavy atom. The average molecular weight is 508 g/mol. The molecule has 1 fully saturated rings. The van der Waals surface area contributed by atoms with E-state index in [0.717, 1.165) is 11.1 Å². The van der Waals surface area contributed by atoms with Gasteiger partial charge in [0.05, 0.1) is 30.8 Å². The van der Waals surface area contributed by atoms with Gasteiger partial charge >= 0.3 is 5.69 Å². The first-order valence-electron chi connectivity index (χ1n) is 11.2. The van der Waals surface area contributed by atoms with E-state index in [2.05, 4.69) is 15.0 Å². The van der Waals surface area contributed by atoms with Crippen LogP contribution in [0, 0.1) is 13.8 Å². The molecule has 0 unspecified atom stereocenters. The fourth-order valence-electron chi connectivity index (χ4n) is 4.08. The number of nitrogens with zero attached hydrogens (tertiary/aromatic N) is 3. The number of aromatic amines is 1. The van der Waals surface area contributed by atoms with Crippen LogP contribution in [0.4, 0.5) is 0 Å². The first-order valence-corrected chi connectivity index (χ1v) is 11.2. The van der Waals surface area contributed by atoms with E-state index < -0.39 is 67.4 Å². The van der Waals surface area contributed by atoms with Gasteiger partial charge in [-0.1, -0.05) is 0 Å². The van der Waals surface area contributed by atoms with Crippen molar-refractivity contribution in [2.24, 2.45) is 0 Å². The molecule has 0 bridgehead atoms. The van der Waals surface area contributed by atoms with Crippen LogP contribution in [0.5, 0.6) is 0 Å². The number of aryl methyl sites for hydroxylation is 2. The van der Waals surface area contributed by atoms with Crippen molar-refractivity contribution < 1.29 is 40.1 Å². The summed E-state index contributed by atoms with van der Waals surface area (Å²) in [7, 11) is 0. The number of hydrogen-bond acceptors (Lipinski definition) is 12. The first kappa shape index (κ1) is 26.2. The largest absolute Gasteiger partial charge is 0.394 e. The zero-order valence-corrected chi connectivity index (χ0v) is 19.5. The molecule has 14 heteroatoms. The van der Waals surface area contributed by atoms with Gasteiger partial charge in [0.25, 0.3) is 5.56 Å². The highest BCUT2D eigenvalue weighted by molar-refractivity contribution is 5.81. The molecule has 0 aliphatic carbocycles. The molecule has 3 heterocycles. The van der Waals surface area contributed by atoms with Crippen molar-refractivity contribution in [3.8, 4) is 11.5 Å². The molecule has 0 spiro atoms. The number of benzene rings is 1. The Labute approximate surface area is 203 Å². The molecule has 14 nitrogen and oxygen atoms in total. The molecule has 1 saturated heterocycles. The third-order valence-electron chi connectivity index (χ3n) is 6.31. The zero-order chi connectivity index (χ0) is 26.3. The molecule has 36 heavy (non-hydrogen) atoms. The highest BCUT2D eigenvalue weighted by atomic mass is 16.7. The standard InChI is InChI=1S/C22H28N4O10/c1-8-3-10-11(4-9(8)2)26(19-15(23-10)20(33)25-22(34)24-19)5-12(28)16(30)13(29)7-35-21-18(32)17(31)14(6-27)36-21/h3-4,12-14,16-18,21,27-32H,5-7H2,1-2H3,(H,25,33,34)/t12-,13+,14+,16-,17+,18+,21-/m1/s1. The van der Waals surface area contributed by atoms with Crippen LogP contribution in [0.1, 0.15) is 11.1 Å². The number of H-pyrrole nitrogens is 1. The molecule has 1 aromatic carbocycles. The quantitative estimate of drug-likeness (QED) is 0.149. The minimum atomic E-state index is -1.77. The minimum absolute atomic E-state index is 0.108. The maximum absolute atomic E-state index is 12.4. The van der Waals surface area contributed by atoms with Crippen molar-refractivity contribution in [3.63, 3.8) is 0 Å². The third kappa shape index (κ3) is 4.89. The second-order valence-corrected chi connectivity index (χ2v) is 8.86. The second kappa shape index (κ2) is 10.3. The molecule has 0 radical (unpaired) electrons. The second-order valence-electron chi connectivity index (χ2n) is 8.86. The molecule has 0 amide bonds. The van der Waals surface area contributed by atoms with E-state index in [4.69, 9.17) is 14.6 Å². The van der Waals surface area contributed by atoms with Gasteiger partial charge in [-0.3, -0.25) is 9.78 Å². The summed E-state index contributed by atoms with van der Waals surface area (Å²) in [6, 6.07) is 3.47. The Kier molecular flexibility index (Phi) is 7.49. The summed E-state index contributed by atoms with van der Waals surface area (Å²) in [6.07, 6.45) is -10.4. The lowest BCUT2D eigenvalue weighted by Crippen LogP contribution is -2.44. The van der Waals surface area contributed by atoms with E-state index in [9.17, 15) is 35.1 Å². The molecular formula is C22H28N4O10. The van der Waals surface area contributed by atoms with Crippen molar-refractivity contribution in [1.82, 2.24) is 19.5 Å². The Morgan fingerprint density at radius 2 is 1.78 bits per heavy atom. The topological polar surface area (TPSA) is 220 Å². The van der Waals surface area contributed by atoms with E-state index in [1.165, 1.54) is 4.57 Å². The maximum atomic E-state index is 12.4. The van der Waals surface area contributed by atoms with Gasteiger partial charge in [0.2, 0.25) is 0 Å². The monoisotopic (exact) mass is 508 g/mol. The van der Waals surface area contributed by atoms with Crippen molar-refractivity contribution in [1.29, 1.82) is 0 Å². The summed E-state index contributed by atoms with van der Waals surface area (Å²) in [5.41, 5.74) is 0.780. The van der Waals surface area contributed by atoms with Gasteiger partial charge in [-0.2, -0.15) is 4.98 Å². The van der Waals surface area contributed by atoms with E-state index in [0.29, 0.717) is 11.0 Å². The summed E-state index contributed by atoms with van der Waals surface area (Å²) in [4.78, 5) is 34.5. The summed E-state index contributed by atoms with van der Waals surface area (Å²) < 4.78 is 11.7. The molecular weight excluding hydrogens is 480 g/mol. The number of hydrogen-bond donors (Lipinski definition) is 7. The lowest BCUT2D eigenvalue weighted by atomic mass is 10.1. The SMILES string of the molecule is Cc1cc2nc3c(=O)[nH]c(=O)nc-3n(C[C@@H](O)[C@@H](O)[C@@H](O)CO[C@@H]3O[C@@H](CO)[C@H](O)[C@@H]3O)c2cc1C. The Morgan fingerprint density at radius 3 is 2.44 bits per heavy atom. The molecule has 7 atom stereocenters. The summed E-state index contributed by atoms with van der Waals surface area (Å²) >= 11 is 0. The van der Waals surface area contributed by atoms with Crippen LogP contribution < -0.4 is 11.2 Å². The lowest BCUT2D eigenvalue weighted by Gasteiger charge is -2.26. The third-order valence-corrected chi connectivity index (χ3v) is 6.31. The predicted molar refractivity (Wildman–Crippen MR) is 122 cm³/mol. The fourth-order valence-corrected chi connectivity index (χ4v) is 4.08. The van der Waals surface area contributed by atoms with Crippen LogP contribution in [-0.4, -0.2) is 106 Å². The fraction of sp³-hybridized carbons (Fsp3) is 0.545. The zero-order valence-electron chi connectivity index (χ0n) is 19.5. The molecule has 0 aromatic heterocycles. The van der Waals surface area contributed by atoms with Gasteiger partial charge in [-0.05, 0) is 37.1 Å². The van der Waals surface area contributed by atoms with Crippen LogP contribution in [0.3, 0.4) is 0 Å². The number of aliphatic hydroxyl groups is 6. The van der Waals surface area contributed by atoms with Gasteiger partial charge in [0.15, 0.2) is 17.8 Å². The van der Waals surface area contributed by atoms with Gasteiger partial charge in [-0.25, -0.2) is 9.78 Å². The number of ether oxygens (including phenoxy) is 2. The normalized spacial score (nSPS) is 24.9. The van der Waals surface area contributed by atoms with Crippen LogP contribution >= 0.6 is 0 Å². The molecule has 7 N–H and O–H groups in total. The predicted octanol–water partition coefficient (Wildman–Crippen LogP) is -3.26. The highest BCUT2D eigenvalue weighted by Gasteiger charge is 2.43. The van der Waals surface area contributed by atoms with Crippen LogP contribution in [0.15, 0.2) is 21.7 Å². The van der Waals surface area contributed by atoms with Gasteiger partial charge in [0, 0.05) is 0 Å². The van der Waals surface area contributed by atoms with Crippen molar-refractivity contribution in [3.05, 3.63) is 44.1 Å². The van der Waals surface area contributed by atoms with Crippen LogP contribution in [-0.2, 0) is 16.0 Å². The summed E-state index contributed by atoms with van der Waals surface area (Å²) in [5, 5.41) is 60.5. The van der Waals surface area contributed by atoms with E-state index >= 15 is 0 Å². The number of rotatable bonds is 8. The molecule has 1 aromatic rings. The van der Waals surface area contributed by atoms with Crippen molar-refractivity contribution in [2.75, 3.05) is 13.2 Å². The van der Waals surface area contributed by atoms with E-state index in [1.54, 1.807) is 12.1 Å². The number of fused-ring (bicyclic) bond motifs is 2. The Hall–Kier alpha value is -2.82. The molecule has 0 saturated carbocycles. The summed E-state index contributed by atoms with van der Waals surface area (Å²) in [5.74, 6) is -0.108. The highest BCUT2D eigenvalue weighted by Crippen LogP contribution is 2.25. The maximum Gasteiger partial charge on any atom is 0.349 e. The van der Waals surface area contributed by atoms with Crippen LogP contribution in [0.2, 0.25) is 0 Å². The van der Waals surface area contributed by atoms with E-state index in [1.807, 2.05) is 13.8 Å². The molecule has 3 aliphatic heterocycles.